The fraction of sp³-hybridized carbons (Fsp3) is 0.0149. The lowest BCUT2D eigenvalue weighted by atomic mass is 9.28. The van der Waals surface area contributed by atoms with Crippen LogP contribution < -0.4 is 37.7 Å². The highest BCUT2D eigenvalue weighted by Crippen LogP contribution is 2.60. The molecule has 0 radical (unpaired) electrons. The Bertz CT molecular complexity index is 4860. The number of benzene rings is 11. The van der Waals surface area contributed by atoms with Crippen LogP contribution in [0.25, 0.3) is 95.3 Å². The molecule has 5 aliphatic heterocycles. The van der Waals surface area contributed by atoms with Crippen LogP contribution in [0, 0.1) is 0 Å². The van der Waals surface area contributed by atoms with Gasteiger partial charge in [-0.2, -0.15) is 0 Å². The Morgan fingerprint density at radius 2 is 0.784 bits per heavy atom. The van der Waals surface area contributed by atoms with E-state index in [9.17, 15) is 0 Å². The van der Waals surface area contributed by atoms with Crippen LogP contribution in [0.15, 0.2) is 212 Å². The molecule has 0 N–H and O–H groups in total. The maximum absolute atomic E-state index is 2.81. The molecule has 0 aliphatic carbocycles. The van der Waals surface area contributed by atoms with Crippen LogP contribution in [0.1, 0.15) is 22.3 Å². The summed E-state index contributed by atoms with van der Waals surface area (Å²) in [5.41, 5.74) is 24.8. The number of para-hydroxylation sites is 4. The zero-order valence-electron chi connectivity index (χ0n) is 39.5. The van der Waals surface area contributed by atoms with Crippen LogP contribution in [0.4, 0.5) is 17.1 Å². The van der Waals surface area contributed by atoms with Crippen LogP contribution in [0.3, 0.4) is 0 Å². The van der Waals surface area contributed by atoms with Crippen molar-refractivity contribution in [1.82, 2.24) is 9.13 Å². The van der Waals surface area contributed by atoms with Gasteiger partial charge in [-0.1, -0.05) is 182 Å². The Morgan fingerprint density at radius 3 is 1.27 bits per heavy atom. The molecule has 20 rings (SSSR count). The molecule has 11 aromatic carbocycles. The average Bonchev–Trinajstić information content (AvgIpc) is 4.23. The first-order valence-electron chi connectivity index (χ1n) is 25.9. The van der Waals surface area contributed by atoms with E-state index in [1.54, 1.807) is 0 Å². The molecule has 336 valence electrons. The van der Waals surface area contributed by atoms with Gasteiger partial charge in [0.25, 0.3) is 13.4 Å². The van der Waals surface area contributed by atoms with E-state index in [2.05, 4.69) is 226 Å². The third-order valence-corrected chi connectivity index (χ3v) is 20.7. The Labute approximate surface area is 432 Å². The van der Waals surface area contributed by atoms with E-state index < -0.39 is 5.41 Å². The fourth-order valence-corrected chi connectivity index (χ4v) is 18.3. The van der Waals surface area contributed by atoms with Crippen LogP contribution in [-0.2, 0) is 5.41 Å². The second-order valence-electron chi connectivity index (χ2n) is 21.3. The van der Waals surface area contributed by atoms with Crippen LogP contribution in [-0.4, -0.2) is 22.6 Å². The number of aromatic nitrogens is 2. The largest absolute Gasteiger partial charge is 0.312 e. The predicted octanol–water partition coefficient (Wildman–Crippen LogP) is 13.1. The third-order valence-electron chi connectivity index (χ3n) is 18.3. The molecule has 0 fully saturated rings. The second kappa shape index (κ2) is 12.8. The van der Waals surface area contributed by atoms with E-state index in [0.717, 1.165) is 0 Å². The highest BCUT2D eigenvalue weighted by molar-refractivity contribution is 7.27. The number of hydrogen-bond acceptors (Lipinski definition) is 3. The number of thiophene rings is 2. The van der Waals surface area contributed by atoms with E-state index in [1.807, 2.05) is 22.7 Å². The van der Waals surface area contributed by atoms with E-state index in [-0.39, 0.29) is 13.4 Å². The molecule has 9 heterocycles. The van der Waals surface area contributed by atoms with Crippen molar-refractivity contribution >= 4 is 170 Å². The summed E-state index contributed by atoms with van der Waals surface area (Å²) in [6, 6.07) is 82.2. The number of hydrogen-bond donors (Lipinski definition) is 0. The Hall–Kier alpha value is -8.61. The predicted molar refractivity (Wildman–Crippen MR) is 317 cm³/mol. The number of rotatable bonds is 2. The first kappa shape index (κ1) is 38.1. The lowest BCUT2D eigenvalue weighted by molar-refractivity contribution is 0.733. The molecule has 74 heavy (non-hydrogen) atoms. The Balaban J connectivity index is 1.06. The zero-order chi connectivity index (χ0) is 47.4. The smallest absolute Gasteiger partial charge is 0.252 e. The average molecular weight is 968 g/mol. The van der Waals surface area contributed by atoms with Gasteiger partial charge in [0.05, 0.1) is 27.5 Å². The molecular formula is C67H35B2N3S2. The standard InChI is InChI=1S/C67H35B2N3S2/c1-3-17-36(18-4-1)67(37-19-5-2-6-20-37)44-25-15-27-46-60(44)72-61-45(67)26-16-28-47(61)69-49-34-43-39-22-10-14-32-55(39)74-66(43)57-41-24-8-12-30-51(41)71(63(49)57)53-35-52-58(64(72)59(53)69)68(46)48-33-42-38-21-9-13-31-54(38)73-65(42)56-40-23-7-11-29-50(40)70(52)62(48)56/h1-35H. The highest BCUT2D eigenvalue weighted by Gasteiger charge is 2.57. The van der Waals surface area contributed by atoms with E-state index in [4.69, 9.17) is 0 Å². The monoisotopic (exact) mass is 967 g/mol. The van der Waals surface area contributed by atoms with Crippen LogP contribution >= 0.6 is 22.7 Å². The summed E-state index contributed by atoms with van der Waals surface area (Å²) in [7, 11) is 0. The number of anilines is 3. The summed E-state index contributed by atoms with van der Waals surface area (Å²) in [5, 5.41) is 10.8. The Morgan fingerprint density at radius 1 is 0.351 bits per heavy atom. The second-order valence-corrected chi connectivity index (χ2v) is 23.4. The van der Waals surface area contributed by atoms with Gasteiger partial charge in [0, 0.05) is 90.3 Å². The van der Waals surface area contributed by atoms with Crippen LogP contribution in [0.2, 0.25) is 0 Å². The summed E-state index contributed by atoms with van der Waals surface area (Å²) in [5.74, 6) is 0. The van der Waals surface area contributed by atoms with Crippen molar-refractivity contribution in [3.63, 3.8) is 0 Å². The van der Waals surface area contributed by atoms with Gasteiger partial charge in [-0.05, 0) is 85.4 Å². The van der Waals surface area contributed by atoms with E-state index in [1.165, 1.54) is 167 Å². The van der Waals surface area contributed by atoms with Gasteiger partial charge in [-0.25, -0.2) is 0 Å². The van der Waals surface area contributed by atoms with Crippen molar-refractivity contribution in [3.05, 3.63) is 235 Å². The van der Waals surface area contributed by atoms with Gasteiger partial charge in [0.2, 0.25) is 0 Å². The minimum absolute atomic E-state index is 0.0401. The first-order valence-corrected chi connectivity index (χ1v) is 27.5. The van der Waals surface area contributed by atoms with Gasteiger partial charge in [0.15, 0.2) is 0 Å². The minimum Gasteiger partial charge on any atom is -0.312 e. The molecule has 0 saturated heterocycles. The highest BCUT2D eigenvalue weighted by atomic mass is 32.1. The minimum atomic E-state index is -0.621. The maximum atomic E-state index is 2.81. The molecule has 3 nitrogen and oxygen atoms in total. The first-order chi connectivity index (χ1) is 36.8. The summed E-state index contributed by atoms with van der Waals surface area (Å²) < 4.78 is 10.8. The summed E-state index contributed by atoms with van der Waals surface area (Å²) in [6.07, 6.45) is 0. The molecule has 0 saturated carbocycles. The summed E-state index contributed by atoms with van der Waals surface area (Å²) in [6.45, 7) is -0.0802. The normalized spacial score (nSPS) is 14.8. The van der Waals surface area contributed by atoms with Gasteiger partial charge < -0.3 is 14.0 Å². The van der Waals surface area contributed by atoms with Crippen molar-refractivity contribution in [3.8, 4) is 11.4 Å². The van der Waals surface area contributed by atoms with E-state index in [0.29, 0.717) is 0 Å². The molecule has 15 aromatic rings. The Kier molecular flexibility index (Phi) is 6.56. The topological polar surface area (TPSA) is 13.1 Å². The molecular weight excluding hydrogens is 933 g/mol. The summed E-state index contributed by atoms with van der Waals surface area (Å²) in [4.78, 5) is 2.81. The molecule has 0 unspecified atom stereocenters. The number of nitrogens with zero attached hydrogens (tertiary/aromatic N) is 3. The van der Waals surface area contributed by atoms with Crippen LogP contribution in [0.5, 0.6) is 0 Å². The van der Waals surface area contributed by atoms with Crippen molar-refractivity contribution < 1.29 is 0 Å². The summed E-state index contributed by atoms with van der Waals surface area (Å²) >= 11 is 3.91. The zero-order valence-corrected chi connectivity index (χ0v) is 41.2. The molecule has 0 amide bonds. The quantitative estimate of drug-likeness (QED) is 0.157. The van der Waals surface area contributed by atoms with Gasteiger partial charge in [-0.3, -0.25) is 0 Å². The lowest BCUT2D eigenvalue weighted by Gasteiger charge is -2.54. The molecule has 7 heteroatoms. The molecule has 5 aliphatic rings. The van der Waals surface area contributed by atoms with Crippen molar-refractivity contribution in [2.24, 2.45) is 0 Å². The molecule has 4 aromatic heterocycles. The molecule has 0 bridgehead atoms. The van der Waals surface area contributed by atoms with E-state index >= 15 is 0 Å². The molecule has 0 atom stereocenters. The molecule has 0 spiro atoms. The van der Waals surface area contributed by atoms with Gasteiger partial charge in [-0.15, -0.1) is 22.7 Å². The van der Waals surface area contributed by atoms with Crippen molar-refractivity contribution in [2.45, 2.75) is 5.41 Å². The van der Waals surface area contributed by atoms with Gasteiger partial charge >= 0.3 is 0 Å². The number of fused-ring (bicyclic) bond motifs is 20. The fourth-order valence-electron chi connectivity index (χ4n) is 15.8. The SMILES string of the molecule is c1ccc(C2(c3ccccc3)c3cccc4c3N3c5c(cccc52)B2c5c(cc6c(c53)B4c3cc4c5ccccc5sc4c4c5ccccc5n-6c34)-n3c4ccccc4c4c5sc6ccccc6c5cc2c43)cc1. The third kappa shape index (κ3) is 4.03. The van der Waals surface area contributed by atoms with Gasteiger partial charge in [0.1, 0.15) is 0 Å². The van der Waals surface area contributed by atoms with Crippen molar-refractivity contribution in [1.29, 1.82) is 0 Å². The van der Waals surface area contributed by atoms with Crippen molar-refractivity contribution in [2.75, 3.05) is 4.90 Å². The lowest BCUT2D eigenvalue weighted by Crippen LogP contribution is -2.69. The maximum Gasteiger partial charge on any atom is 0.252 e.